The molecule has 0 unspecified atom stereocenters. The van der Waals surface area contributed by atoms with Crippen LogP contribution in [0.5, 0.6) is 17.2 Å². The predicted octanol–water partition coefficient (Wildman–Crippen LogP) is 6.17. The van der Waals surface area contributed by atoms with Gasteiger partial charge >= 0.3 is 0 Å². The van der Waals surface area contributed by atoms with Gasteiger partial charge in [-0.25, -0.2) is 4.39 Å². The summed E-state index contributed by atoms with van der Waals surface area (Å²) in [6.45, 7) is 0. The molecule has 0 amide bonds. The van der Waals surface area contributed by atoms with E-state index in [4.69, 9.17) is 14.2 Å². The Bertz CT molecular complexity index is 1860. The van der Waals surface area contributed by atoms with Crippen LogP contribution >= 0.6 is 0 Å². The molecule has 2 heterocycles. The van der Waals surface area contributed by atoms with Gasteiger partial charge in [-0.05, 0) is 48.5 Å². The SMILES string of the molecule is COc1cccc(C(=O)[C@@H]2[C@H](c3cc(OC)ccc3OC)C3(C(=O)c4ccccc4C3=O)[C@@H]3C=Cc4cc(F)ccc4N23)c1. The number of carbonyl (C=O) groups is 3. The molecular formula is C36H28FNO6. The van der Waals surface area contributed by atoms with Crippen LogP contribution in [0.2, 0.25) is 0 Å². The molecule has 0 N–H and O–H groups in total. The Morgan fingerprint density at radius 2 is 1.50 bits per heavy atom. The van der Waals surface area contributed by atoms with Crippen molar-refractivity contribution in [3.05, 3.63) is 125 Å². The number of halogens is 1. The number of benzene rings is 4. The minimum absolute atomic E-state index is 0.303. The van der Waals surface area contributed by atoms with Crippen molar-refractivity contribution in [1.29, 1.82) is 0 Å². The van der Waals surface area contributed by atoms with Crippen molar-refractivity contribution in [3.8, 4) is 17.2 Å². The smallest absolute Gasteiger partial charge is 0.186 e. The number of rotatable bonds is 6. The van der Waals surface area contributed by atoms with Gasteiger partial charge in [0.1, 0.15) is 34.5 Å². The lowest BCUT2D eigenvalue weighted by Crippen LogP contribution is -2.48. The van der Waals surface area contributed by atoms with Crippen molar-refractivity contribution < 1.29 is 33.0 Å². The van der Waals surface area contributed by atoms with Crippen LogP contribution < -0.4 is 19.1 Å². The molecule has 8 heteroatoms. The monoisotopic (exact) mass is 589 g/mol. The van der Waals surface area contributed by atoms with Gasteiger partial charge in [0.2, 0.25) is 0 Å². The van der Waals surface area contributed by atoms with Crippen LogP contribution in [0.1, 0.15) is 48.1 Å². The van der Waals surface area contributed by atoms with Gasteiger partial charge < -0.3 is 19.1 Å². The van der Waals surface area contributed by atoms with Crippen molar-refractivity contribution in [2.24, 2.45) is 5.41 Å². The van der Waals surface area contributed by atoms with Crippen molar-refractivity contribution in [3.63, 3.8) is 0 Å². The highest BCUT2D eigenvalue weighted by Gasteiger charge is 2.72. The number of anilines is 1. The molecule has 1 saturated heterocycles. The topological polar surface area (TPSA) is 82.1 Å². The van der Waals surface area contributed by atoms with E-state index in [-0.39, 0.29) is 17.3 Å². The van der Waals surface area contributed by atoms with Crippen molar-refractivity contribution in [1.82, 2.24) is 0 Å². The molecule has 0 bridgehead atoms. The van der Waals surface area contributed by atoms with Crippen LogP contribution in [0.25, 0.3) is 6.08 Å². The molecule has 1 fully saturated rings. The standard InChI is InChI=1S/C36H28FNO6/c1-42-23-8-6-7-21(18-23)33(39)32-31(27-19-24(43-2)13-15-29(27)44-3)36(34(40)25-9-4-5-10-26(25)35(36)41)30-16-11-20-17-22(37)12-14-28(20)38(30)32/h4-19,30-32H,1-3H3/t30-,31-,32-/m0/s1. The molecule has 4 aromatic carbocycles. The number of hydrogen-bond acceptors (Lipinski definition) is 7. The van der Waals surface area contributed by atoms with Gasteiger partial charge in [-0.2, -0.15) is 0 Å². The maximum absolute atomic E-state index is 14.9. The first-order valence-electron chi connectivity index (χ1n) is 14.2. The van der Waals surface area contributed by atoms with E-state index in [1.54, 1.807) is 84.9 Å². The first-order valence-corrected chi connectivity index (χ1v) is 14.2. The molecule has 0 saturated carbocycles. The highest BCUT2D eigenvalue weighted by molar-refractivity contribution is 6.32. The molecule has 2 aliphatic heterocycles. The molecule has 44 heavy (non-hydrogen) atoms. The molecule has 3 atom stereocenters. The molecule has 1 spiro atoms. The number of ether oxygens (including phenoxy) is 3. The summed E-state index contributed by atoms with van der Waals surface area (Å²) in [4.78, 5) is 46.4. The Labute approximate surface area is 253 Å². The van der Waals surface area contributed by atoms with Gasteiger partial charge in [0, 0.05) is 39.4 Å². The van der Waals surface area contributed by atoms with Gasteiger partial charge in [-0.3, -0.25) is 14.4 Å². The summed E-state index contributed by atoms with van der Waals surface area (Å²) in [6.07, 6.45) is 3.48. The van der Waals surface area contributed by atoms with Crippen molar-refractivity contribution >= 4 is 29.1 Å². The van der Waals surface area contributed by atoms with E-state index in [1.165, 1.54) is 33.5 Å². The largest absolute Gasteiger partial charge is 0.497 e. The zero-order valence-electron chi connectivity index (χ0n) is 24.2. The summed E-state index contributed by atoms with van der Waals surface area (Å²) in [5.74, 6) is -1.19. The van der Waals surface area contributed by atoms with Gasteiger partial charge in [-0.1, -0.05) is 48.6 Å². The van der Waals surface area contributed by atoms with Crippen molar-refractivity contribution in [2.75, 3.05) is 26.2 Å². The second-order valence-corrected chi connectivity index (χ2v) is 11.1. The van der Waals surface area contributed by atoms with Gasteiger partial charge in [0.05, 0.1) is 27.4 Å². The molecule has 3 aliphatic rings. The number of hydrogen-bond donors (Lipinski definition) is 0. The van der Waals surface area contributed by atoms with E-state index in [0.717, 1.165) is 0 Å². The Hall–Kier alpha value is -5.24. The molecule has 0 aromatic heterocycles. The van der Waals surface area contributed by atoms with E-state index in [0.29, 0.717) is 50.8 Å². The molecule has 4 aromatic rings. The molecule has 7 rings (SSSR count). The summed E-state index contributed by atoms with van der Waals surface area (Å²) in [5, 5.41) is 0. The first-order chi connectivity index (χ1) is 21.3. The third kappa shape index (κ3) is 3.70. The second kappa shape index (κ2) is 10.2. The molecule has 7 nitrogen and oxygen atoms in total. The summed E-state index contributed by atoms with van der Waals surface area (Å²) in [6, 6.07) is 21.1. The molecular weight excluding hydrogens is 561 g/mol. The first kappa shape index (κ1) is 27.6. The summed E-state index contributed by atoms with van der Waals surface area (Å²) >= 11 is 0. The fourth-order valence-corrected chi connectivity index (χ4v) is 7.32. The predicted molar refractivity (Wildman–Crippen MR) is 163 cm³/mol. The Kier molecular flexibility index (Phi) is 6.39. The number of Topliss-reactive ketones (excluding diaryl/α,β-unsaturated/α-hetero) is 3. The third-order valence-electron chi connectivity index (χ3n) is 9.16. The van der Waals surface area contributed by atoms with Gasteiger partial charge in [0.15, 0.2) is 17.3 Å². The molecule has 0 radical (unpaired) electrons. The van der Waals surface area contributed by atoms with Crippen LogP contribution in [0.15, 0.2) is 91.0 Å². The van der Waals surface area contributed by atoms with Gasteiger partial charge in [0.25, 0.3) is 0 Å². The number of ketones is 3. The second-order valence-electron chi connectivity index (χ2n) is 11.1. The maximum atomic E-state index is 14.9. The van der Waals surface area contributed by atoms with Gasteiger partial charge in [-0.15, -0.1) is 0 Å². The third-order valence-corrected chi connectivity index (χ3v) is 9.16. The average molecular weight is 590 g/mol. The summed E-state index contributed by atoms with van der Waals surface area (Å²) in [7, 11) is 4.54. The minimum Gasteiger partial charge on any atom is -0.497 e. The lowest BCUT2D eigenvalue weighted by atomic mass is 9.64. The number of methoxy groups -OCH3 is 3. The van der Waals surface area contributed by atoms with Crippen LogP contribution in [0.4, 0.5) is 10.1 Å². The fraction of sp³-hybridized carbons (Fsp3) is 0.194. The van der Waals surface area contributed by atoms with E-state index in [2.05, 4.69) is 0 Å². The van der Waals surface area contributed by atoms with E-state index in [1.807, 2.05) is 4.90 Å². The quantitative estimate of drug-likeness (QED) is 0.197. The summed E-state index contributed by atoms with van der Waals surface area (Å²) < 4.78 is 31.3. The summed E-state index contributed by atoms with van der Waals surface area (Å²) in [5.41, 5.74) is 0.758. The number of fused-ring (bicyclic) bond motifs is 5. The van der Waals surface area contributed by atoms with E-state index in [9.17, 15) is 18.8 Å². The number of nitrogens with zero attached hydrogens (tertiary/aromatic N) is 1. The highest BCUT2D eigenvalue weighted by Crippen LogP contribution is 2.62. The zero-order chi connectivity index (χ0) is 30.7. The van der Waals surface area contributed by atoms with E-state index < -0.39 is 29.2 Å². The Morgan fingerprint density at radius 1 is 0.795 bits per heavy atom. The van der Waals surface area contributed by atoms with Crippen LogP contribution in [-0.2, 0) is 0 Å². The van der Waals surface area contributed by atoms with Crippen LogP contribution in [0, 0.1) is 11.2 Å². The maximum Gasteiger partial charge on any atom is 0.186 e. The number of carbonyl (C=O) groups excluding carboxylic acids is 3. The normalized spacial score (nSPS) is 20.7. The van der Waals surface area contributed by atoms with E-state index >= 15 is 0 Å². The molecule has 1 aliphatic carbocycles. The average Bonchev–Trinajstić information content (AvgIpc) is 3.49. The fourth-order valence-electron chi connectivity index (χ4n) is 7.32. The zero-order valence-corrected chi connectivity index (χ0v) is 24.2. The molecule has 220 valence electrons. The van der Waals surface area contributed by atoms with Crippen molar-refractivity contribution in [2.45, 2.75) is 18.0 Å². The van der Waals surface area contributed by atoms with Crippen LogP contribution in [-0.4, -0.2) is 50.8 Å². The lowest BCUT2D eigenvalue weighted by molar-refractivity contribution is 0.0664. The van der Waals surface area contributed by atoms with Crippen LogP contribution in [0.3, 0.4) is 0 Å². The Balaban J connectivity index is 1.58. The Morgan fingerprint density at radius 3 is 2.18 bits per heavy atom. The lowest BCUT2D eigenvalue weighted by Gasteiger charge is -2.37. The minimum atomic E-state index is -1.74. The highest BCUT2D eigenvalue weighted by atomic mass is 19.1.